The van der Waals surface area contributed by atoms with Crippen LogP contribution in [0.1, 0.15) is 64.2 Å². The zero-order chi connectivity index (χ0) is 34.2. The van der Waals surface area contributed by atoms with Crippen molar-refractivity contribution in [1.82, 2.24) is 19.6 Å². The van der Waals surface area contributed by atoms with Crippen LogP contribution >= 0.6 is 22.7 Å². The molecule has 2 aromatic heterocycles. The van der Waals surface area contributed by atoms with E-state index in [1.165, 1.54) is 75.6 Å². The van der Waals surface area contributed by atoms with Gasteiger partial charge in [0.1, 0.15) is 10.0 Å². The van der Waals surface area contributed by atoms with Crippen LogP contribution in [0.15, 0.2) is 105 Å². The molecule has 10 heteroatoms. The molecule has 0 atom stereocenters. The van der Waals surface area contributed by atoms with Crippen LogP contribution < -0.4 is 9.60 Å². The fraction of sp³-hybridized carbons (Fsp3) is 0.429. The molecule has 0 radical (unpaired) electrons. The Morgan fingerprint density at radius 2 is 0.769 bits per heavy atom. The highest BCUT2D eigenvalue weighted by molar-refractivity contribution is 7.12. The SMILES string of the molecule is c1ccc(-n2nc(-c3ccc(-c4nn(-c5ccccc5)/c(=N/N=C5C6CC7CC(C6)CC5C7)s4)cc3)s/c2=N\N=C2C3CC4CC(C3)CC2C4)cc1. The first-order valence-electron chi connectivity index (χ1n) is 19.3. The Labute approximate surface area is 311 Å². The van der Waals surface area contributed by atoms with Crippen molar-refractivity contribution in [2.24, 2.45) is 67.7 Å². The van der Waals surface area contributed by atoms with Crippen molar-refractivity contribution < 1.29 is 0 Å². The summed E-state index contributed by atoms with van der Waals surface area (Å²) in [6.07, 6.45) is 13.3. The van der Waals surface area contributed by atoms with E-state index in [-0.39, 0.29) is 0 Å². The summed E-state index contributed by atoms with van der Waals surface area (Å²) in [4.78, 5) is 1.62. The first-order valence-corrected chi connectivity index (χ1v) is 20.9. The molecule has 0 amide bonds. The van der Waals surface area contributed by atoms with Crippen LogP contribution in [0.4, 0.5) is 0 Å². The number of nitrogens with zero attached hydrogens (tertiary/aromatic N) is 8. The Balaban J connectivity index is 0.930. The average molecular weight is 723 g/mol. The summed E-state index contributed by atoms with van der Waals surface area (Å²) in [7, 11) is 0. The largest absolute Gasteiger partial charge is 0.233 e. The normalized spacial score (nSPS) is 30.5. The monoisotopic (exact) mass is 722 g/mol. The maximum absolute atomic E-state index is 5.09. The molecule has 0 spiro atoms. The van der Waals surface area contributed by atoms with Crippen LogP contribution in [-0.4, -0.2) is 31.0 Å². The van der Waals surface area contributed by atoms with Gasteiger partial charge in [-0.15, -0.1) is 10.2 Å². The molecule has 3 aromatic carbocycles. The summed E-state index contributed by atoms with van der Waals surface area (Å²) in [5, 5.41) is 31.9. The minimum absolute atomic E-state index is 0.620. The van der Waals surface area contributed by atoms with Gasteiger partial charge in [0.2, 0.25) is 9.60 Å². The second kappa shape index (κ2) is 12.7. The van der Waals surface area contributed by atoms with E-state index in [2.05, 4.69) is 72.8 Å². The lowest BCUT2D eigenvalue weighted by Crippen LogP contribution is -2.45. The molecule has 0 saturated heterocycles. The van der Waals surface area contributed by atoms with E-state index < -0.39 is 0 Å². The molecule has 8 aliphatic carbocycles. The highest BCUT2D eigenvalue weighted by Gasteiger charge is 2.47. The van der Waals surface area contributed by atoms with Gasteiger partial charge in [-0.1, -0.05) is 83.3 Å². The zero-order valence-electron chi connectivity index (χ0n) is 29.2. The Kier molecular flexibility index (Phi) is 7.63. The van der Waals surface area contributed by atoms with Crippen LogP contribution in [0, 0.1) is 47.3 Å². The van der Waals surface area contributed by atoms with E-state index in [9.17, 15) is 0 Å². The number of aromatic nitrogens is 4. The van der Waals surface area contributed by atoms with Crippen LogP contribution in [0.5, 0.6) is 0 Å². The van der Waals surface area contributed by atoms with Gasteiger partial charge >= 0.3 is 0 Å². The number of benzene rings is 3. The molecular formula is C42H42N8S2. The van der Waals surface area contributed by atoms with Crippen molar-refractivity contribution >= 4 is 34.1 Å². The van der Waals surface area contributed by atoms with Gasteiger partial charge in [0.15, 0.2) is 0 Å². The average Bonchev–Trinajstić information content (AvgIpc) is 3.80. The maximum atomic E-state index is 5.09. The summed E-state index contributed by atoms with van der Waals surface area (Å²) in [6.45, 7) is 0. The number of hydrogen-bond acceptors (Lipinski definition) is 8. The molecule has 8 aliphatic rings. The molecule has 262 valence electrons. The molecule has 8 saturated carbocycles. The van der Waals surface area contributed by atoms with E-state index >= 15 is 0 Å². The lowest BCUT2D eigenvalue weighted by Gasteiger charge is -2.50. The third-order valence-electron chi connectivity index (χ3n) is 13.0. The van der Waals surface area contributed by atoms with Gasteiger partial charge in [-0.3, -0.25) is 0 Å². The van der Waals surface area contributed by atoms with Gasteiger partial charge in [0.25, 0.3) is 0 Å². The molecule has 2 heterocycles. The Bertz CT molecular complexity index is 2100. The first kappa shape index (κ1) is 31.3. The second-order valence-corrected chi connectivity index (χ2v) is 18.2. The van der Waals surface area contributed by atoms with Gasteiger partial charge in [0.05, 0.1) is 11.4 Å². The maximum Gasteiger partial charge on any atom is 0.233 e. The molecule has 5 aromatic rings. The summed E-state index contributed by atoms with van der Waals surface area (Å²) in [6, 6.07) is 29.2. The van der Waals surface area contributed by atoms with E-state index in [0.717, 1.165) is 65.8 Å². The van der Waals surface area contributed by atoms with Crippen molar-refractivity contribution in [1.29, 1.82) is 0 Å². The van der Waals surface area contributed by atoms with E-state index in [4.69, 9.17) is 30.6 Å². The van der Waals surface area contributed by atoms with Crippen molar-refractivity contribution in [3.63, 3.8) is 0 Å². The fourth-order valence-corrected chi connectivity index (χ4v) is 12.7. The smallest absolute Gasteiger partial charge is 0.203 e. The molecular weight excluding hydrogens is 681 g/mol. The topological polar surface area (TPSA) is 85.1 Å². The quantitative estimate of drug-likeness (QED) is 0.164. The molecule has 0 aliphatic heterocycles. The standard InChI is InChI=1S/C42H42N8S2/c1-3-7-35(8-4-1)49-41(45-43-37-31-17-25-15-26(19-31)20-32(37)18-25)51-39(47-49)29-11-13-30(14-12-29)40-48-50(36-9-5-2-6-10-36)42(52-40)46-44-38-33-21-27-16-28(23-33)24-34(38)22-27/h1-14,25-28,31-34H,15-24H2/b43-37?,44-38?,45-41-,46-42-. The molecule has 13 rings (SSSR count). The van der Waals surface area contributed by atoms with E-state index in [0.29, 0.717) is 23.7 Å². The number of hydrogen-bond donors (Lipinski definition) is 0. The van der Waals surface area contributed by atoms with Crippen LogP contribution in [0.2, 0.25) is 0 Å². The molecule has 8 nitrogen and oxygen atoms in total. The lowest BCUT2D eigenvalue weighted by molar-refractivity contribution is 0.108. The third-order valence-corrected chi connectivity index (χ3v) is 14.8. The molecule has 0 N–H and O–H groups in total. The minimum atomic E-state index is 0.620. The molecule has 8 fully saturated rings. The van der Waals surface area contributed by atoms with E-state index in [1.54, 1.807) is 22.7 Å². The van der Waals surface area contributed by atoms with Crippen LogP contribution in [-0.2, 0) is 0 Å². The Morgan fingerprint density at radius 1 is 0.423 bits per heavy atom. The summed E-state index contributed by atoms with van der Waals surface area (Å²) in [5.41, 5.74) is 6.77. The van der Waals surface area contributed by atoms with Gasteiger partial charge in [-0.05, 0) is 136 Å². The van der Waals surface area contributed by atoms with Crippen molar-refractivity contribution in [3.05, 3.63) is 94.5 Å². The summed E-state index contributed by atoms with van der Waals surface area (Å²) in [5.74, 6) is 6.10. The predicted molar refractivity (Wildman–Crippen MR) is 207 cm³/mol. The molecule has 52 heavy (non-hydrogen) atoms. The summed E-state index contributed by atoms with van der Waals surface area (Å²) < 4.78 is 3.91. The van der Waals surface area contributed by atoms with Crippen molar-refractivity contribution in [2.75, 3.05) is 0 Å². The Hall–Kier alpha value is -4.28. The van der Waals surface area contributed by atoms with Crippen LogP contribution in [0.25, 0.3) is 32.5 Å². The predicted octanol–water partition coefficient (Wildman–Crippen LogP) is 8.94. The minimum Gasteiger partial charge on any atom is -0.203 e. The van der Waals surface area contributed by atoms with Crippen molar-refractivity contribution in [2.45, 2.75) is 64.2 Å². The number of para-hydroxylation sites is 2. The number of rotatable bonds is 6. The van der Waals surface area contributed by atoms with Gasteiger partial charge in [0, 0.05) is 22.6 Å². The van der Waals surface area contributed by atoms with Gasteiger partial charge in [-0.2, -0.15) is 20.4 Å². The highest BCUT2D eigenvalue weighted by Crippen LogP contribution is 2.53. The second-order valence-electron chi connectivity index (χ2n) is 16.3. The lowest BCUT2D eigenvalue weighted by atomic mass is 9.55. The van der Waals surface area contributed by atoms with Gasteiger partial charge < -0.3 is 0 Å². The first-order chi connectivity index (χ1) is 25.7. The van der Waals surface area contributed by atoms with E-state index in [1.807, 2.05) is 21.5 Å². The van der Waals surface area contributed by atoms with Crippen molar-refractivity contribution in [3.8, 4) is 32.5 Å². The zero-order valence-corrected chi connectivity index (χ0v) is 30.8. The molecule has 8 bridgehead atoms. The third kappa shape index (κ3) is 5.61. The summed E-state index contributed by atoms with van der Waals surface area (Å²) >= 11 is 3.20. The highest BCUT2D eigenvalue weighted by atomic mass is 32.1. The Morgan fingerprint density at radius 3 is 1.12 bits per heavy atom. The van der Waals surface area contributed by atoms with Crippen LogP contribution in [0.3, 0.4) is 0 Å². The fourth-order valence-electron chi connectivity index (χ4n) is 11.0. The molecule has 0 unspecified atom stereocenters. The van der Waals surface area contributed by atoms with Gasteiger partial charge in [-0.25, -0.2) is 9.36 Å².